The van der Waals surface area contributed by atoms with E-state index in [0.29, 0.717) is 12.2 Å². The third kappa shape index (κ3) is 4.54. The topological polar surface area (TPSA) is 38.8 Å². The summed E-state index contributed by atoms with van der Waals surface area (Å²) in [4.78, 5) is 17.8. The fourth-order valence-electron chi connectivity index (χ4n) is 2.68. The Morgan fingerprint density at radius 2 is 1.69 bits per heavy atom. The molecule has 7 heteroatoms. The second-order valence-electron chi connectivity index (χ2n) is 5.76. The first kappa shape index (κ1) is 19.8. The predicted octanol–water partition coefficient (Wildman–Crippen LogP) is 4.35. The van der Waals surface area contributed by atoms with Gasteiger partial charge in [-0.05, 0) is 43.2 Å². The Balaban J connectivity index is 2.23. The highest BCUT2D eigenvalue weighted by atomic mass is 19.4. The molecule has 2 aromatic carbocycles. The van der Waals surface area contributed by atoms with Gasteiger partial charge in [-0.2, -0.15) is 13.2 Å². The van der Waals surface area contributed by atoms with Crippen molar-refractivity contribution in [2.75, 3.05) is 14.2 Å². The summed E-state index contributed by atoms with van der Waals surface area (Å²) in [5.74, 6) is -0.137. The molecule has 2 rings (SSSR count). The van der Waals surface area contributed by atoms with E-state index in [2.05, 4.69) is 0 Å². The van der Waals surface area contributed by atoms with E-state index in [1.54, 1.807) is 26.2 Å². The summed E-state index contributed by atoms with van der Waals surface area (Å²) in [5.41, 5.74) is -0.524. The molecule has 0 aliphatic rings. The molecule has 0 aliphatic heterocycles. The monoisotopic (exact) mass is 367 g/mol. The van der Waals surface area contributed by atoms with Gasteiger partial charge in [0.15, 0.2) is 0 Å². The number of hydrogen-bond acceptors (Lipinski definition) is 3. The highest BCUT2D eigenvalue weighted by Crippen LogP contribution is 2.32. The largest absolute Gasteiger partial charge is 0.497 e. The summed E-state index contributed by atoms with van der Waals surface area (Å²) < 4.78 is 44.6. The van der Waals surface area contributed by atoms with Crippen LogP contribution in [-0.2, 0) is 17.4 Å². The van der Waals surface area contributed by atoms with Gasteiger partial charge in [0.05, 0.1) is 31.4 Å². The molecule has 0 N–H and O–H groups in total. The van der Waals surface area contributed by atoms with Crippen molar-refractivity contribution in [2.45, 2.75) is 25.6 Å². The van der Waals surface area contributed by atoms with Gasteiger partial charge in [0.1, 0.15) is 5.75 Å². The number of halogens is 3. The van der Waals surface area contributed by atoms with Gasteiger partial charge in [-0.25, -0.2) is 5.06 Å². The maximum Gasteiger partial charge on any atom is 0.417 e. The van der Waals surface area contributed by atoms with Crippen LogP contribution in [0.1, 0.15) is 28.4 Å². The summed E-state index contributed by atoms with van der Waals surface area (Å²) in [5, 5.41) is 0.967. The molecule has 0 unspecified atom stereocenters. The minimum absolute atomic E-state index is 0.414. The molecule has 0 aliphatic carbocycles. The molecule has 1 atom stereocenters. The molecule has 0 aromatic heterocycles. The zero-order valence-corrected chi connectivity index (χ0v) is 14.7. The molecule has 4 nitrogen and oxygen atoms in total. The first-order valence-electron chi connectivity index (χ1n) is 7.94. The number of amides is 1. The second kappa shape index (κ2) is 8.23. The Morgan fingerprint density at radius 3 is 2.23 bits per heavy atom. The summed E-state index contributed by atoms with van der Waals surface area (Å²) in [6.07, 6.45) is -4.21. The van der Waals surface area contributed by atoms with Crippen LogP contribution in [0, 0.1) is 0 Å². The van der Waals surface area contributed by atoms with E-state index in [-0.39, 0.29) is 0 Å². The third-order valence-corrected chi connectivity index (χ3v) is 3.95. The molecule has 2 aromatic rings. The van der Waals surface area contributed by atoms with Gasteiger partial charge in [0, 0.05) is 0 Å². The molecule has 140 valence electrons. The summed E-state index contributed by atoms with van der Waals surface area (Å²) in [6.45, 7) is 1.71. The third-order valence-electron chi connectivity index (χ3n) is 3.95. The lowest BCUT2D eigenvalue weighted by molar-refractivity contribution is -0.140. The number of carbonyl (C=O) groups is 1. The molecule has 0 radical (unpaired) electrons. The van der Waals surface area contributed by atoms with Crippen molar-refractivity contribution in [3.05, 3.63) is 65.2 Å². The number of carbonyl (C=O) groups excluding carboxylic acids is 1. The van der Waals surface area contributed by atoms with Gasteiger partial charge in [-0.3, -0.25) is 9.63 Å². The minimum atomic E-state index is -4.62. The lowest BCUT2D eigenvalue weighted by Crippen LogP contribution is -2.39. The van der Waals surface area contributed by atoms with Gasteiger partial charge >= 0.3 is 6.18 Å². The van der Waals surface area contributed by atoms with Gasteiger partial charge < -0.3 is 4.74 Å². The highest BCUT2D eigenvalue weighted by Gasteiger charge is 2.36. The zero-order chi connectivity index (χ0) is 19.3. The lowest BCUT2D eigenvalue weighted by atomic mass is 10.0. The van der Waals surface area contributed by atoms with Crippen LogP contribution in [0.4, 0.5) is 13.2 Å². The Morgan fingerprint density at radius 1 is 1.08 bits per heavy atom. The van der Waals surface area contributed by atoms with Crippen molar-refractivity contribution in [1.82, 2.24) is 5.06 Å². The summed E-state index contributed by atoms with van der Waals surface area (Å²) >= 11 is 0. The first-order chi connectivity index (χ1) is 12.3. The minimum Gasteiger partial charge on any atom is -0.497 e. The van der Waals surface area contributed by atoms with Gasteiger partial charge in [0.25, 0.3) is 5.91 Å². The average Bonchev–Trinajstić information content (AvgIpc) is 2.62. The SMILES string of the molecule is COc1ccc(C[C@H](C)N(OC)C(=O)c2ccccc2C(F)(F)F)cc1. The van der Waals surface area contributed by atoms with E-state index >= 15 is 0 Å². The second-order valence-corrected chi connectivity index (χ2v) is 5.76. The van der Waals surface area contributed by atoms with E-state index in [1.165, 1.54) is 19.2 Å². The van der Waals surface area contributed by atoms with E-state index in [1.807, 2.05) is 12.1 Å². The number of ether oxygens (including phenoxy) is 1. The van der Waals surface area contributed by atoms with Crippen LogP contribution in [0.25, 0.3) is 0 Å². The predicted molar refractivity (Wildman–Crippen MR) is 90.8 cm³/mol. The number of rotatable bonds is 6. The first-order valence-corrected chi connectivity index (χ1v) is 7.94. The van der Waals surface area contributed by atoms with E-state index in [9.17, 15) is 18.0 Å². The van der Waals surface area contributed by atoms with Gasteiger partial charge in [0.2, 0.25) is 0 Å². The molecule has 0 fully saturated rings. The van der Waals surface area contributed by atoms with E-state index < -0.39 is 29.3 Å². The van der Waals surface area contributed by atoms with Crippen LogP contribution < -0.4 is 4.74 Å². The fraction of sp³-hybridized carbons (Fsp3) is 0.316. The molecule has 0 saturated carbocycles. The van der Waals surface area contributed by atoms with Crippen LogP contribution in [0.5, 0.6) is 5.75 Å². The van der Waals surface area contributed by atoms with E-state index in [4.69, 9.17) is 9.57 Å². The van der Waals surface area contributed by atoms with Crippen molar-refractivity contribution in [3.8, 4) is 5.75 Å². The number of alkyl halides is 3. The van der Waals surface area contributed by atoms with Crippen molar-refractivity contribution < 1.29 is 27.5 Å². The van der Waals surface area contributed by atoms with Crippen LogP contribution in [-0.4, -0.2) is 31.2 Å². The van der Waals surface area contributed by atoms with Crippen LogP contribution in [0.3, 0.4) is 0 Å². The standard InChI is InChI=1S/C19H20F3NO3/c1-13(12-14-8-10-15(25-2)11-9-14)23(26-3)18(24)16-6-4-5-7-17(16)19(20,21)22/h4-11,13H,12H2,1-3H3/t13-/m0/s1. The Bertz CT molecular complexity index is 744. The number of hydroxylamine groups is 2. The molecule has 0 spiro atoms. The zero-order valence-electron chi connectivity index (χ0n) is 14.7. The van der Waals surface area contributed by atoms with Gasteiger partial charge in [-0.1, -0.05) is 24.3 Å². The number of methoxy groups -OCH3 is 1. The molecular formula is C19H20F3NO3. The van der Waals surface area contributed by atoms with Crippen LogP contribution in [0.15, 0.2) is 48.5 Å². The van der Waals surface area contributed by atoms with Crippen molar-refractivity contribution in [3.63, 3.8) is 0 Å². The van der Waals surface area contributed by atoms with Crippen LogP contribution in [0.2, 0.25) is 0 Å². The molecule has 0 heterocycles. The van der Waals surface area contributed by atoms with Crippen molar-refractivity contribution in [2.24, 2.45) is 0 Å². The maximum absolute atomic E-state index is 13.2. The fourth-order valence-corrected chi connectivity index (χ4v) is 2.68. The van der Waals surface area contributed by atoms with Crippen molar-refractivity contribution in [1.29, 1.82) is 0 Å². The normalized spacial score (nSPS) is 12.5. The summed E-state index contributed by atoms with van der Waals surface area (Å²) in [6, 6.07) is 11.4. The molecular weight excluding hydrogens is 347 g/mol. The number of hydrogen-bond donors (Lipinski definition) is 0. The Labute approximate surface area is 150 Å². The molecule has 0 saturated heterocycles. The Kier molecular flexibility index (Phi) is 6.26. The molecule has 26 heavy (non-hydrogen) atoms. The maximum atomic E-state index is 13.2. The van der Waals surface area contributed by atoms with E-state index in [0.717, 1.165) is 22.8 Å². The molecule has 0 bridgehead atoms. The Hall–Kier alpha value is -2.54. The van der Waals surface area contributed by atoms with Crippen molar-refractivity contribution >= 4 is 5.91 Å². The smallest absolute Gasteiger partial charge is 0.417 e. The number of benzene rings is 2. The summed E-state index contributed by atoms with van der Waals surface area (Å²) in [7, 11) is 2.82. The quantitative estimate of drug-likeness (QED) is 0.713. The average molecular weight is 367 g/mol. The lowest BCUT2D eigenvalue weighted by Gasteiger charge is -2.27. The number of nitrogens with zero attached hydrogens (tertiary/aromatic N) is 1. The highest BCUT2D eigenvalue weighted by molar-refractivity contribution is 5.95. The molecule has 1 amide bonds. The van der Waals surface area contributed by atoms with Gasteiger partial charge in [-0.15, -0.1) is 0 Å². The van der Waals surface area contributed by atoms with Crippen LogP contribution >= 0.6 is 0 Å².